The second-order valence-corrected chi connectivity index (χ2v) is 7.50. The van der Waals surface area contributed by atoms with E-state index in [0.717, 1.165) is 16.7 Å². The molecule has 0 bridgehead atoms. The Bertz CT molecular complexity index is 959. The quantitative estimate of drug-likeness (QED) is 0.569. The van der Waals surface area contributed by atoms with Gasteiger partial charge in [-0.2, -0.15) is 0 Å². The molecular weight excluding hydrogens is 396 g/mol. The maximum atomic E-state index is 13.3. The van der Waals surface area contributed by atoms with Gasteiger partial charge in [0.05, 0.1) is 0 Å². The van der Waals surface area contributed by atoms with Crippen molar-refractivity contribution >= 4 is 23.4 Å². The Morgan fingerprint density at radius 2 is 1.47 bits per heavy atom. The van der Waals surface area contributed by atoms with Crippen molar-refractivity contribution in [2.75, 3.05) is 7.05 Å². The first kappa shape index (κ1) is 21.6. The number of hydrogen-bond acceptors (Lipinski definition) is 2. The number of nitrogens with one attached hydrogen (secondary N) is 1. The van der Waals surface area contributed by atoms with E-state index in [4.69, 9.17) is 11.6 Å². The van der Waals surface area contributed by atoms with Crippen molar-refractivity contribution in [3.63, 3.8) is 0 Å². The standard InChI is InChI=1S/C25H25ClN2O2/c1-27-25(30)24(21-10-6-3-7-11-21)28(18-20-12-15-22(26)16-13-20)23(29)17-14-19-8-4-2-5-9-19/h2-13,15-16,24H,14,17-18H2,1H3,(H,27,30)/t24-/m1/s1. The molecule has 0 unspecified atom stereocenters. The highest BCUT2D eigenvalue weighted by atomic mass is 35.5. The number of benzene rings is 3. The predicted octanol–water partition coefficient (Wildman–Crippen LogP) is 4.79. The van der Waals surface area contributed by atoms with Crippen LogP contribution in [-0.4, -0.2) is 23.8 Å². The monoisotopic (exact) mass is 420 g/mol. The molecule has 1 N–H and O–H groups in total. The summed E-state index contributed by atoms with van der Waals surface area (Å²) >= 11 is 6.01. The minimum atomic E-state index is -0.713. The van der Waals surface area contributed by atoms with Gasteiger partial charge in [0.2, 0.25) is 11.8 Å². The van der Waals surface area contributed by atoms with E-state index in [1.54, 1.807) is 24.1 Å². The Hall–Kier alpha value is -3.11. The smallest absolute Gasteiger partial charge is 0.247 e. The molecule has 0 saturated heterocycles. The Labute approximate surface area is 182 Å². The number of hydrogen-bond donors (Lipinski definition) is 1. The fourth-order valence-corrected chi connectivity index (χ4v) is 3.52. The summed E-state index contributed by atoms with van der Waals surface area (Å²) in [6.45, 7) is 0.317. The molecule has 3 rings (SSSR count). The van der Waals surface area contributed by atoms with Crippen LogP contribution in [0.1, 0.15) is 29.2 Å². The highest BCUT2D eigenvalue weighted by Crippen LogP contribution is 2.25. The normalized spacial score (nSPS) is 11.5. The van der Waals surface area contributed by atoms with E-state index >= 15 is 0 Å². The lowest BCUT2D eigenvalue weighted by molar-refractivity contribution is -0.141. The van der Waals surface area contributed by atoms with E-state index in [0.29, 0.717) is 24.4 Å². The zero-order chi connectivity index (χ0) is 21.3. The molecule has 0 fully saturated rings. The van der Waals surface area contributed by atoms with Crippen LogP contribution in [0.2, 0.25) is 5.02 Å². The average Bonchev–Trinajstić information content (AvgIpc) is 2.79. The van der Waals surface area contributed by atoms with Crippen molar-refractivity contribution in [1.82, 2.24) is 10.2 Å². The van der Waals surface area contributed by atoms with Gasteiger partial charge in [0.25, 0.3) is 0 Å². The Kier molecular flexibility index (Phi) is 7.63. The summed E-state index contributed by atoms with van der Waals surface area (Å²) < 4.78 is 0. The number of rotatable bonds is 8. The molecule has 0 radical (unpaired) electrons. The molecule has 0 aromatic heterocycles. The molecule has 3 aromatic rings. The Morgan fingerprint density at radius 1 is 0.867 bits per heavy atom. The Balaban J connectivity index is 1.90. The molecule has 0 spiro atoms. The number of carbonyl (C=O) groups excluding carboxylic acids is 2. The van der Waals surface area contributed by atoms with Crippen LogP contribution in [0.5, 0.6) is 0 Å². The van der Waals surface area contributed by atoms with Gasteiger partial charge >= 0.3 is 0 Å². The lowest BCUT2D eigenvalue weighted by Gasteiger charge is -2.31. The third kappa shape index (κ3) is 5.71. The van der Waals surface area contributed by atoms with Gasteiger partial charge in [0, 0.05) is 25.0 Å². The molecule has 0 aliphatic heterocycles. The first-order valence-corrected chi connectivity index (χ1v) is 10.3. The van der Waals surface area contributed by atoms with Crippen LogP contribution in [0, 0.1) is 0 Å². The molecule has 154 valence electrons. The number of halogens is 1. The van der Waals surface area contributed by atoms with E-state index < -0.39 is 6.04 Å². The topological polar surface area (TPSA) is 49.4 Å². The number of nitrogens with zero attached hydrogens (tertiary/aromatic N) is 1. The summed E-state index contributed by atoms with van der Waals surface area (Å²) in [4.78, 5) is 27.8. The number of aryl methyl sites for hydroxylation is 1. The first-order chi connectivity index (χ1) is 14.6. The molecule has 0 saturated carbocycles. The second-order valence-electron chi connectivity index (χ2n) is 7.06. The van der Waals surface area contributed by atoms with Crippen LogP contribution >= 0.6 is 11.6 Å². The van der Waals surface area contributed by atoms with Crippen LogP contribution in [0.4, 0.5) is 0 Å². The van der Waals surface area contributed by atoms with Crippen LogP contribution < -0.4 is 5.32 Å². The molecule has 30 heavy (non-hydrogen) atoms. The molecular formula is C25H25ClN2O2. The third-order valence-electron chi connectivity index (χ3n) is 4.98. The van der Waals surface area contributed by atoms with E-state index in [1.807, 2.05) is 72.8 Å². The zero-order valence-electron chi connectivity index (χ0n) is 16.9. The fraction of sp³-hybridized carbons (Fsp3) is 0.200. The van der Waals surface area contributed by atoms with Gasteiger partial charge in [0.1, 0.15) is 6.04 Å². The van der Waals surface area contributed by atoms with Crippen LogP contribution in [0.25, 0.3) is 0 Å². The summed E-state index contributed by atoms with van der Waals surface area (Å²) in [6, 6.07) is 25.9. The summed E-state index contributed by atoms with van der Waals surface area (Å²) in [5, 5.41) is 3.34. The van der Waals surface area contributed by atoms with Crippen LogP contribution in [-0.2, 0) is 22.6 Å². The van der Waals surface area contributed by atoms with Crippen molar-refractivity contribution in [1.29, 1.82) is 0 Å². The summed E-state index contributed by atoms with van der Waals surface area (Å²) in [5.74, 6) is -0.297. The molecule has 0 heterocycles. The Morgan fingerprint density at radius 3 is 2.07 bits per heavy atom. The summed E-state index contributed by atoms with van der Waals surface area (Å²) in [6.07, 6.45) is 0.934. The lowest BCUT2D eigenvalue weighted by atomic mass is 10.0. The highest BCUT2D eigenvalue weighted by Gasteiger charge is 2.30. The summed E-state index contributed by atoms with van der Waals surface area (Å²) in [5.41, 5.74) is 2.78. The van der Waals surface area contributed by atoms with Gasteiger partial charge < -0.3 is 10.2 Å². The minimum Gasteiger partial charge on any atom is -0.357 e. The lowest BCUT2D eigenvalue weighted by Crippen LogP contribution is -2.42. The van der Waals surface area contributed by atoms with Gasteiger partial charge in [-0.1, -0.05) is 84.4 Å². The highest BCUT2D eigenvalue weighted by molar-refractivity contribution is 6.30. The van der Waals surface area contributed by atoms with Gasteiger partial charge in [-0.05, 0) is 35.2 Å². The van der Waals surface area contributed by atoms with Gasteiger partial charge in [-0.3, -0.25) is 9.59 Å². The van der Waals surface area contributed by atoms with Crippen molar-refractivity contribution in [3.8, 4) is 0 Å². The maximum absolute atomic E-state index is 13.3. The van der Waals surface area contributed by atoms with Crippen LogP contribution in [0.3, 0.4) is 0 Å². The molecule has 1 atom stereocenters. The summed E-state index contributed by atoms with van der Waals surface area (Å²) in [7, 11) is 1.59. The van der Waals surface area contributed by atoms with E-state index in [1.165, 1.54) is 0 Å². The van der Waals surface area contributed by atoms with Gasteiger partial charge in [-0.15, -0.1) is 0 Å². The number of amides is 2. The van der Waals surface area contributed by atoms with Gasteiger partial charge in [-0.25, -0.2) is 0 Å². The second kappa shape index (κ2) is 10.6. The largest absolute Gasteiger partial charge is 0.357 e. The maximum Gasteiger partial charge on any atom is 0.247 e. The van der Waals surface area contributed by atoms with E-state index in [2.05, 4.69) is 5.32 Å². The molecule has 5 heteroatoms. The van der Waals surface area contributed by atoms with Crippen molar-refractivity contribution in [2.24, 2.45) is 0 Å². The SMILES string of the molecule is CNC(=O)[C@@H](c1ccccc1)N(Cc1ccc(Cl)cc1)C(=O)CCc1ccccc1. The van der Waals surface area contributed by atoms with Crippen molar-refractivity contribution in [2.45, 2.75) is 25.4 Å². The molecule has 3 aromatic carbocycles. The van der Waals surface area contributed by atoms with Crippen molar-refractivity contribution < 1.29 is 9.59 Å². The van der Waals surface area contributed by atoms with E-state index in [-0.39, 0.29) is 11.8 Å². The van der Waals surface area contributed by atoms with Crippen LogP contribution in [0.15, 0.2) is 84.9 Å². The fourth-order valence-electron chi connectivity index (χ4n) is 3.39. The number of carbonyl (C=O) groups is 2. The first-order valence-electron chi connectivity index (χ1n) is 9.93. The van der Waals surface area contributed by atoms with E-state index in [9.17, 15) is 9.59 Å². The van der Waals surface area contributed by atoms with Crippen molar-refractivity contribution in [3.05, 3.63) is 107 Å². The number of likely N-dealkylation sites (N-methyl/N-ethyl adjacent to an activating group) is 1. The zero-order valence-corrected chi connectivity index (χ0v) is 17.7. The molecule has 0 aliphatic rings. The average molecular weight is 421 g/mol. The third-order valence-corrected chi connectivity index (χ3v) is 5.23. The minimum absolute atomic E-state index is 0.0775. The predicted molar refractivity (Wildman–Crippen MR) is 120 cm³/mol. The molecule has 4 nitrogen and oxygen atoms in total. The molecule has 2 amide bonds. The van der Waals surface area contributed by atoms with Gasteiger partial charge in [0.15, 0.2) is 0 Å². The molecule has 0 aliphatic carbocycles.